The van der Waals surface area contributed by atoms with Crippen molar-refractivity contribution in [3.05, 3.63) is 164 Å². The van der Waals surface area contributed by atoms with Crippen molar-refractivity contribution in [1.29, 1.82) is 0 Å². The maximum absolute atomic E-state index is 6.46. The first-order valence-electron chi connectivity index (χ1n) is 17.4. The molecule has 11 aromatic rings. The van der Waals surface area contributed by atoms with Crippen molar-refractivity contribution in [2.24, 2.45) is 0 Å². The number of hydrogen-bond acceptors (Lipinski definition) is 5. The zero-order valence-corrected chi connectivity index (χ0v) is 27.7. The first-order chi connectivity index (χ1) is 25.8. The van der Waals surface area contributed by atoms with Crippen LogP contribution in [0.25, 0.3) is 111 Å². The predicted molar refractivity (Wildman–Crippen MR) is 211 cm³/mol. The van der Waals surface area contributed by atoms with Gasteiger partial charge in [-0.05, 0) is 63.7 Å². The van der Waals surface area contributed by atoms with Crippen molar-refractivity contribution in [2.45, 2.75) is 0 Å². The molecule has 0 bridgehead atoms. The van der Waals surface area contributed by atoms with Gasteiger partial charge in [0.15, 0.2) is 17.5 Å². The molecule has 242 valence electrons. The highest BCUT2D eigenvalue weighted by Crippen LogP contribution is 2.40. The molecule has 0 spiro atoms. The molecule has 3 aromatic heterocycles. The van der Waals surface area contributed by atoms with E-state index in [0.717, 1.165) is 87.9 Å². The second-order valence-corrected chi connectivity index (χ2v) is 13.1. The van der Waals surface area contributed by atoms with Crippen molar-refractivity contribution in [3.63, 3.8) is 0 Å². The Morgan fingerprint density at radius 3 is 1.79 bits per heavy atom. The number of para-hydroxylation sites is 2. The molecule has 8 aromatic carbocycles. The molecule has 0 radical (unpaired) electrons. The minimum Gasteiger partial charge on any atom is -0.456 e. The number of benzene rings is 8. The molecule has 3 heterocycles. The Morgan fingerprint density at radius 2 is 0.923 bits per heavy atom. The van der Waals surface area contributed by atoms with E-state index in [4.69, 9.17) is 23.8 Å². The highest BCUT2D eigenvalue weighted by molar-refractivity contribution is 6.17. The van der Waals surface area contributed by atoms with Crippen molar-refractivity contribution in [1.82, 2.24) is 15.0 Å². The van der Waals surface area contributed by atoms with Gasteiger partial charge < -0.3 is 8.83 Å². The Morgan fingerprint density at radius 1 is 0.327 bits per heavy atom. The molecule has 5 nitrogen and oxygen atoms in total. The molecule has 0 unspecified atom stereocenters. The highest BCUT2D eigenvalue weighted by Gasteiger charge is 2.20. The smallest absolute Gasteiger partial charge is 0.164 e. The quantitative estimate of drug-likeness (QED) is 0.187. The monoisotopic (exact) mass is 665 g/mol. The lowest BCUT2D eigenvalue weighted by Gasteiger charge is -2.13. The molecule has 11 rings (SSSR count). The van der Waals surface area contributed by atoms with Gasteiger partial charge >= 0.3 is 0 Å². The van der Waals surface area contributed by atoms with E-state index >= 15 is 0 Å². The lowest BCUT2D eigenvalue weighted by atomic mass is 9.95. The van der Waals surface area contributed by atoms with E-state index in [1.807, 2.05) is 54.6 Å². The van der Waals surface area contributed by atoms with Crippen LogP contribution in [-0.4, -0.2) is 15.0 Å². The van der Waals surface area contributed by atoms with Crippen molar-refractivity contribution >= 4 is 65.4 Å². The van der Waals surface area contributed by atoms with Crippen molar-refractivity contribution in [3.8, 4) is 45.3 Å². The summed E-state index contributed by atoms with van der Waals surface area (Å²) in [6.07, 6.45) is 0. The largest absolute Gasteiger partial charge is 0.456 e. The molecule has 0 atom stereocenters. The fraction of sp³-hybridized carbons (Fsp3) is 0. The van der Waals surface area contributed by atoms with E-state index in [9.17, 15) is 0 Å². The summed E-state index contributed by atoms with van der Waals surface area (Å²) in [5, 5.41) is 8.48. The van der Waals surface area contributed by atoms with Gasteiger partial charge in [-0.3, -0.25) is 0 Å². The summed E-state index contributed by atoms with van der Waals surface area (Å²) in [5.41, 5.74) is 8.28. The van der Waals surface area contributed by atoms with Crippen LogP contribution in [0.1, 0.15) is 0 Å². The molecule has 5 heteroatoms. The molecule has 0 saturated heterocycles. The minimum absolute atomic E-state index is 0.577. The van der Waals surface area contributed by atoms with Gasteiger partial charge in [-0.15, -0.1) is 0 Å². The zero-order valence-electron chi connectivity index (χ0n) is 27.7. The fourth-order valence-corrected chi connectivity index (χ4v) is 7.74. The summed E-state index contributed by atoms with van der Waals surface area (Å²) in [5.74, 6) is 1.75. The Hall–Kier alpha value is -7.11. The van der Waals surface area contributed by atoms with Gasteiger partial charge in [-0.25, -0.2) is 15.0 Å². The lowest BCUT2D eigenvalue weighted by molar-refractivity contribution is 0.669. The lowest BCUT2D eigenvalue weighted by Crippen LogP contribution is -2.01. The Kier molecular flexibility index (Phi) is 6.18. The number of fused-ring (bicyclic) bond motifs is 9. The number of hydrogen-bond donors (Lipinski definition) is 0. The average molecular weight is 666 g/mol. The first-order valence-corrected chi connectivity index (χ1v) is 17.4. The zero-order chi connectivity index (χ0) is 34.2. The predicted octanol–water partition coefficient (Wildman–Crippen LogP) is 12.6. The number of nitrogens with zero attached hydrogens (tertiary/aromatic N) is 3. The maximum atomic E-state index is 6.46. The molecule has 0 amide bonds. The van der Waals surface area contributed by atoms with E-state index in [-0.39, 0.29) is 0 Å². The SMILES string of the molecule is c1ccc(-c2cc(-c3nc(-c4cccc5c4ccc4c6ccccc6oc54)nc(-c4cccc5oc6ccccc6c45)n3)cc3ccccc23)cc1. The molecule has 0 fully saturated rings. The second-order valence-electron chi connectivity index (χ2n) is 13.1. The summed E-state index contributed by atoms with van der Waals surface area (Å²) in [4.78, 5) is 15.8. The third-order valence-electron chi connectivity index (χ3n) is 10.1. The highest BCUT2D eigenvalue weighted by atomic mass is 16.3. The maximum Gasteiger partial charge on any atom is 0.164 e. The van der Waals surface area contributed by atoms with E-state index in [1.165, 1.54) is 5.39 Å². The molecule has 0 aliphatic rings. The van der Waals surface area contributed by atoms with Gasteiger partial charge in [0.05, 0.1) is 0 Å². The van der Waals surface area contributed by atoms with E-state index in [0.29, 0.717) is 17.5 Å². The summed E-state index contributed by atoms with van der Waals surface area (Å²) in [6.45, 7) is 0. The third kappa shape index (κ3) is 4.39. The second kappa shape index (κ2) is 11.2. The summed E-state index contributed by atoms with van der Waals surface area (Å²) in [6, 6.07) is 56.3. The summed E-state index contributed by atoms with van der Waals surface area (Å²) >= 11 is 0. The number of aromatic nitrogens is 3. The van der Waals surface area contributed by atoms with Crippen molar-refractivity contribution in [2.75, 3.05) is 0 Å². The van der Waals surface area contributed by atoms with Gasteiger partial charge in [-0.2, -0.15) is 0 Å². The minimum atomic E-state index is 0.577. The van der Waals surface area contributed by atoms with Crippen LogP contribution >= 0.6 is 0 Å². The number of furan rings is 2. The standard InChI is InChI=1S/C47H27N3O2/c1-2-12-28(13-3-1)39-27-30(26-29-14-4-5-15-31(29)39)45-48-46(50-47(49-45)38-20-11-23-42-43(38)37-17-7-9-22-41(37)51-42)36-19-10-18-34-32(36)24-25-35-33-16-6-8-21-40(33)52-44(34)35/h1-27H. The van der Waals surface area contributed by atoms with E-state index in [1.54, 1.807) is 0 Å². The number of rotatable bonds is 4. The van der Waals surface area contributed by atoms with Crippen LogP contribution in [0, 0.1) is 0 Å². The average Bonchev–Trinajstić information content (AvgIpc) is 3.79. The summed E-state index contributed by atoms with van der Waals surface area (Å²) < 4.78 is 12.8. The normalized spacial score (nSPS) is 11.8. The van der Waals surface area contributed by atoms with Gasteiger partial charge in [0.2, 0.25) is 0 Å². The molecular weight excluding hydrogens is 639 g/mol. The Bertz CT molecular complexity index is 3190. The van der Waals surface area contributed by atoms with Crippen molar-refractivity contribution < 1.29 is 8.83 Å². The van der Waals surface area contributed by atoms with E-state index in [2.05, 4.69) is 109 Å². The molecule has 0 aliphatic heterocycles. The van der Waals surface area contributed by atoms with Crippen LogP contribution in [0.2, 0.25) is 0 Å². The van der Waals surface area contributed by atoms with Crippen LogP contribution in [-0.2, 0) is 0 Å². The van der Waals surface area contributed by atoms with Gasteiger partial charge in [0.1, 0.15) is 22.3 Å². The molecule has 0 N–H and O–H groups in total. The third-order valence-corrected chi connectivity index (χ3v) is 10.1. The van der Waals surface area contributed by atoms with Gasteiger partial charge in [0.25, 0.3) is 0 Å². The first kappa shape index (κ1) is 28.7. The van der Waals surface area contributed by atoms with Crippen LogP contribution in [0.5, 0.6) is 0 Å². The van der Waals surface area contributed by atoms with Crippen LogP contribution in [0.15, 0.2) is 173 Å². The van der Waals surface area contributed by atoms with E-state index < -0.39 is 0 Å². The van der Waals surface area contributed by atoms with Gasteiger partial charge in [-0.1, -0.05) is 127 Å². The fourth-order valence-electron chi connectivity index (χ4n) is 7.74. The van der Waals surface area contributed by atoms with Crippen LogP contribution in [0.3, 0.4) is 0 Å². The molecule has 0 aliphatic carbocycles. The molecule has 52 heavy (non-hydrogen) atoms. The Labute approximate surface area is 297 Å². The van der Waals surface area contributed by atoms with Crippen LogP contribution < -0.4 is 0 Å². The van der Waals surface area contributed by atoms with Crippen LogP contribution in [0.4, 0.5) is 0 Å². The summed E-state index contributed by atoms with van der Waals surface area (Å²) in [7, 11) is 0. The topological polar surface area (TPSA) is 65.0 Å². The molecule has 0 saturated carbocycles. The van der Waals surface area contributed by atoms with Gasteiger partial charge in [0, 0.05) is 43.6 Å². The molecular formula is C47H27N3O2. The Balaban J connectivity index is 1.21.